The zero-order valence-electron chi connectivity index (χ0n) is 17.0. The number of benzene rings is 2. The monoisotopic (exact) mass is 400 g/mol. The lowest BCUT2D eigenvalue weighted by Crippen LogP contribution is -2.48. The average Bonchev–Trinajstić information content (AvgIpc) is 2.65. The number of aryl methyl sites for hydroxylation is 1. The molecule has 28 heavy (non-hydrogen) atoms. The van der Waals surface area contributed by atoms with Gasteiger partial charge in [0.05, 0.1) is 6.42 Å². The third-order valence-electron chi connectivity index (χ3n) is 4.57. The van der Waals surface area contributed by atoms with Crippen molar-refractivity contribution in [1.29, 1.82) is 0 Å². The summed E-state index contributed by atoms with van der Waals surface area (Å²) < 4.78 is 0. The van der Waals surface area contributed by atoms with E-state index in [1.54, 1.807) is 24.0 Å². The highest BCUT2D eigenvalue weighted by atomic mass is 35.5. The van der Waals surface area contributed by atoms with Crippen LogP contribution in [0.25, 0.3) is 0 Å². The first kappa shape index (κ1) is 22.0. The average molecular weight is 401 g/mol. The molecule has 0 spiro atoms. The van der Waals surface area contributed by atoms with Gasteiger partial charge < -0.3 is 10.2 Å². The fraction of sp³-hybridized carbons (Fsp3) is 0.391. The minimum Gasteiger partial charge on any atom is -0.354 e. The fourth-order valence-corrected chi connectivity index (χ4v) is 3.06. The zero-order valence-corrected chi connectivity index (χ0v) is 17.8. The van der Waals surface area contributed by atoms with E-state index in [1.807, 2.05) is 57.2 Å². The summed E-state index contributed by atoms with van der Waals surface area (Å²) in [6.07, 6.45) is 0.203. The minimum atomic E-state index is -0.563. The van der Waals surface area contributed by atoms with Gasteiger partial charge in [-0.25, -0.2) is 0 Å². The largest absolute Gasteiger partial charge is 0.354 e. The Morgan fingerprint density at radius 3 is 2.32 bits per heavy atom. The van der Waals surface area contributed by atoms with Crippen LogP contribution in [0.2, 0.25) is 5.02 Å². The van der Waals surface area contributed by atoms with E-state index in [0.29, 0.717) is 24.0 Å². The molecule has 0 saturated carbocycles. The molecule has 0 aliphatic rings. The van der Waals surface area contributed by atoms with Gasteiger partial charge >= 0.3 is 0 Å². The van der Waals surface area contributed by atoms with Gasteiger partial charge in [0.25, 0.3) is 0 Å². The summed E-state index contributed by atoms with van der Waals surface area (Å²) >= 11 is 6.05. The van der Waals surface area contributed by atoms with Crippen LogP contribution in [0.1, 0.15) is 37.5 Å². The minimum absolute atomic E-state index is 0.102. The number of rotatable bonds is 8. The van der Waals surface area contributed by atoms with Gasteiger partial charge in [0.2, 0.25) is 11.8 Å². The molecule has 0 fully saturated rings. The summed E-state index contributed by atoms with van der Waals surface area (Å²) in [5, 5.41) is 3.53. The predicted octanol–water partition coefficient (Wildman–Crippen LogP) is 4.38. The van der Waals surface area contributed by atoms with E-state index in [9.17, 15) is 9.59 Å². The van der Waals surface area contributed by atoms with Gasteiger partial charge in [-0.2, -0.15) is 0 Å². The van der Waals surface area contributed by atoms with Crippen molar-refractivity contribution in [3.05, 3.63) is 70.2 Å². The summed E-state index contributed by atoms with van der Waals surface area (Å²) in [5.74, 6) is 0.110. The third-order valence-corrected chi connectivity index (χ3v) is 4.80. The second-order valence-electron chi connectivity index (χ2n) is 7.63. The smallest absolute Gasteiger partial charge is 0.242 e. The van der Waals surface area contributed by atoms with Gasteiger partial charge in [0.1, 0.15) is 6.04 Å². The maximum absolute atomic E-state index is 13.1. The van der Waals surface area contributed by atoms with Crippen LogP contribution in [0.4, 0.5) is 0 Å². The van der Waals surface area contributed by atoms with Crippen molar-refractivity contribution < 1.29 is 9.59 Å². The Labute approximate surface area is 172 Å². The molecule has 0 saturated heterocycles. The van der Waals surface area contributed by atoms with Crippen LogP contribution >= 0.6 is 11.6 Å². The molecule has 2 aromatic rings. The van der Waals surface area contributed by atoms with Gasteiger partial charge in [-0.05, 0) is 43.0 Å². The predicted molar refractivity (Wildman–Crippen MR) is 114 cm³/mol. The third kappa shape index (κ3) is 6.68. The van der Waals surface area contributed by atoms with E-state index >= 15 is 0 Å². The van der Waals surface area contributed by atoms with Gasteiger partial charge in [-0.15, -0.1) is 0 Å². The zero-order chi connectivity index (χ0) is 20.7. The Kier molecular flexibility index (Phi) is 8.06. The molecular weight excluding hydrogens is 372 g/mol. The molecule has 5 heteroatoms. The Balaban J connectivity index is 2.19. The maximum atomic E-state index is 13.1. The number of nitrogens with zero attached hydrogens (tertiary/aromatic N) is 1. The van der Waals surface area contributed by atoms with Crippen LogP contribution in [0.5, 0.6) is 0 Å². The van der Waals surface area contributed by atoms with Crippen molar-refractivity contribution in [3.8, 4) is 0 Å². The molecule has 2 aromatic carbocycles. The number of carbonyl (C=O) groups excluding carboxylic acids is 2. The molecule has 0 unspecified atom stereocenters. The van der Waals surface area contributed by atoms with E-state index < -0.39 is 6.04 Å². The molecule has 2 amide bonds. The number of nitrogens with one attached hydrogen (secondary N) is 1. The van der Waals surface area contributed by atoms with Crippen LogP contribution < -0.4 is 5.32 Å². The summed E-state index contributed by atoms with van der Waals surface area (Å²) in [6, 6.07) is 14.7. The second-order valence-corrected chi connectivity index (χ2v) is 8.07. The number of hydrogen-bond acceptors (Lipinski definition) is 2. The summed E-state index contributed by atoms with van der Waals surface area (Å²) in [7, 11) is 0. The van der Waals surface area contributed by atoms with Gasteiger partial charge in [-0.1, -0.05) is 67.4 Å². The molecule has 150 valence electrons. The Bertz CT molecular complexity index is 803. The quantitative estimate of drug-likeness (QED) is 0.714. The topological polar surface area (TPSA) is 49.4 Å². The number of hydrogen-bond donors (Lipinski definition) is 1. The van der Waals surface area contributed by atoms with E-state index in [2.05, 4.69) is 5.32 Å². The van der Waals surface area contributed by atoms with Crippen LogP contribution in [0, 0.1) is 12.8 Å². The number of halogens is 1. The lowest BCUT2D eigenvalue weighted by molar-refractivity contribution is -0.140. The molecule has 0 radical (unpaired) electrons. The Hall–Kier alpha value is -2.33. The number of amides is 2. The van der Waals surface area contributed by atoms with E-state index in [1.165, 1.54) is 0 Å². The van der Waals surface area contributed by atoms with E-state index in [0.717, 1.165) is 16.7 Å². The molecule has 1 N–H and O–H groups in total. The molecule has 0 aliphatic carbocycles. The van der Waals surface area contributed by atoms with Crippen molar-refractivity contribution in [2.45, 2.75) is 46.7 Å². The van der Waals surface area contributed by atoms with Crippen molar-refractivity contribution in [2.24, 2.45) is 5.92 Å². The van der Waals surface area contributed by atoms with Gasteiger partial charge in [0.15, 0.2) is 0 Å². The summed E-state index contributed by atoms with van der Waals surface area (Å²) in [4.78, 5) is 27.3. The molecule has 2 rings (SSSR count). The Morgan fingerprint density at radius 1 is 1.04 bits per heavy atom. The van der Waals surface area contributed by atoms with Crippen molar-refractivity contribution in [1.82, 2.24) is 10.2 Å². The second kappa shape index (κ2) is 10.3. The van der Waals surface area contributed by atoms with E-state index in [-0.39, 0.29) is 18.2 Å². The molecule has 1 atom stereocenters. The van der Waals surface area contributed by atoms with E-state index in [4.69, 9.17) is 11.6 Å². The van der Waals surface area contributed by atoms with Crippen LogP contribution in [0.15, 0.2) is 48.5 Å². The number of carbonyl (C=O) groups is 2. The maximum Gasteiger partial charge on any atom is 0.242 e. The summed E-state index contributed by atoms with van der Waals surface area (Å²) in [5.41, 5.74) is 2.98. The molecule has 4 nitrogen and oxygen atoms in total. The first-order valence-corrected chi connectivity index (χ1v) is 10.0. The SMILES string of the molecule is Cc1ccc(CN(C(=O)Cc2cccc(Cl)c2)[C@@H](C)C(=O)NCC(C)C)cc1. The standard InChI is InChI=1S/C23H29ClN2O2/c1-16(2)14-25-23(28)18(4)26(15-19-10-8-17(3)9-11-19)22(27)13-20-6-5-7-21(24)12-20/h5-12,16,18H,13-15H2,1-4H3,(H,25,28)/t18-/m0/s1. The first-order valence-electron chi connectivity index (χ1n) is 9.63. The molecular formula is C23H29ClN2O2. The highest BCUT2D eigenvalue weighted by Crippen LogP contribution is 2.16. The van der Waals surface area contributed by atoms with Crippen LogP contribution in [0.3, 0.4) is 0 Å². The van der Waals surface area contributed by atoms with Crippen molar-refractivity contribution in [3.63, 3.8) is 0 Å². The van der Waals surface area contributed by atoms with Crippen LogP contribution in [-0.4, -0.2) is 29.3 Å². The molecule has 0 heterocycles. The lowest BCUT2D eigenvalue weighted by atomic mass is 10.1. The fourth-order valence-electron chi connectivity index (χ4n) is 2.85. The molecule has 0 bridgehead atoms. The van der Waals surface area contributed by atoms with Gasteiger partial charge in [0, 0.05) is 18.1 Å². The normalized spacial score (nSPS) is 11.9. The van der Waals surface area contributed by atoms with Crippen LogP contribution in [-0.2, 0) is 22.6 Å². The first-order chi connectivity index (χ1) is 13.3. The highest BCUT2D eigenvalue weighted by Gasteiger charge is 2.26. The molecule has 0 aromatic heterocycles. The van der Waals surface area contributed by atoms with Gasteiger partial charge in [-0.3, -0.25) is 9.59 Å². The lowest BCUT2D eigenvalue weighted by Gasteiger charge is -2.29. The van der Waals surface area contributed by atoms with Crippen molar-refractivity contribution >= 4 is 23.4 Å². The van der Waals surface area contributed by atoms with Crippen molar-refractivity contribution in [2.75, 3.05) is 6.54 Å². The molecule has 0 aliphatic heterocycles. The summed E-state index contributed by atoms with van der Waals surface area (Å²) in [6.45, 7) is 8.85. The highest BCUT2D eigenvalue weighted by molar-refractivity contribution is 6.30. The Morgan fingerprint density at radius 2 is 1.71 bits per heavy atom.